The molecule has 0 aliphatic carbocycles. The molecule has 116 valence electrons. The van der Waals surface area contributed by atoms with Crippen LogP contribution in [0.2, 0.25) is 0 Å². The lowest BCUT2D eigenvalue weighted by Gasteiger charge is -2.35. The van der Waals surface area contributed by atoms with Gasteiger partial charge in [0.1, 0.15) is 11.9 Å². The lowest BCUT2D eigenvalue weighted by atomic mass is 9.93. The Labute approximate surface area is 135 Å². The van der Waals surface area contributed by atoms with Gasteiger partial charge in [-0.25, -0.2) is 0 Å². The summed E-state index contributed by atoms with van der Waals surface area (Å²) in [5, 5.41) is 3.66. The van der Waals surface area contributed by atoms with Gasteiger partial charge in [0.15, 0.2) is 0 Å². The molecule has 0 spiro atoms. The van der Waals surface area contributed by atoms with Gasteiger partial charge < -0.3 is 14.8 Å². The first kappa shape index (κ1) is 15.3. The fraction of sp³-hybridized carbons (Fsp3) is 0.647. The molecule has 21 heavy (non-hydrogen) atoms. The van der Waals surface area contributed by atoms with Crippen molar-refractivity contribution in [2.45, 2.75) is 63.9 Å². The van der Waals surface area contributed by atoms with Crippen LogP contribution in [0.4, 0.5) is 0 Å². The third-order valence-corrected chi connectivity index (χ3v) is 4.91. The van der Waals surface area contributed by atoms with Crippen LogP contribution in [0.3, 0.4) is 0 Å². The summed E-state index contributed by atoms with van der Waals surface area (Å²) in [6.45, 7) is 5.39. The van der Waals surface area contributed by atoms with E-state index in [1.165, 1.54) is 5.56 Å². The minimum atomic E-state index is 0.165. The fourth-order valence-electron chi connectivity index (χ4n) is 3.32. The maximum atomic E-state index is 6.24. The first-order valence-electron chi connectivity index (χ1n) is 8.02. The van der Waals surface area contributed by atoms with Crippen molar-refractivity contribution in [2.75, 3.05) is 6.54 Å². The summed E-state index contributed by atoms with van der Waals surface area (Å²) >= 11 is 3.57. The smallest absolute Gasteiger partial charge is 0.127 e. The standard InChI is InChI=1S/C17H24BrNO2/c1-3-8-19-14-10-17(16-6-4-11(2)20-16)21-15-7-5-12(18)9-13(14)15/h5,7,9,11,14,16-17,19H,3-4,6,8,10H2,1-2H3. The summed E-state index contributed by atoms with van der Waals surface area (Å²) in [5.74, 6) is 1.01. The molecule has 1 fully saturated rings. The largest absolute Gasteiger partial charge is 0.487 e. The maximum absolute atomic E-state index is 6.24. The van der Waals surface area contributed by atoms with Crippen molar-refractivity contribution in [3.05, 3.63) is 28.2 Å². The van der Waals surface area contributed by atoms with Crippen LogP contribution in [-0.2, 0) is 4.74 Å². The summed E-state index contributed by atoms with van der Waals surface area (Å²) in [4.78, 5) is 0. The van der Waals surface area contributed by atoms with Gasteiger partial charge in [0.05, 0.1) is 12.2 Å². The van der Waals surface area contributed by atoms with E-state index in [9.17, 15) is 0 Å². The molecule has 4 atom stereocenters. The Hall–Kier alpha value is -0.580. The summed E-state index contributed by atoms with van der Waals surface area (Å²) < 4.78 is 13.4. The number of benzene rings is 1. The molecule has 4 heteroatoms. The van der Waals surface area contributed by atoms with Crippen LogP contribution in [0.1, 0.15) is 51.1 Å². The number of halogens is 1. The van der Waals surface area contributed by atoms with Crippen molar-refractivity contribution in [1.82, 2.24) is 5.32 Å². The van der Waals surface area contributed by atoms with Gasteiger partial charge in [-0.05, 0) is 50.9 Å². The molecule has 4 unspecified atom stereocenters. The van der Waals surface area contributed by atoms with E-state index >= 15 is 0 Å². The van der Waals surface area contributed by atoms with E-state index in [1.54, 1.807) is 0 Å². The normalized spacial score (nSPS) is 31.8. The van der Waals surface area contributed by atoms with Gasteiger partial charge in [0.25, 0.3) is 0 Å². The van der Waals surface area contributed by atoms with E-state index in [0.29, 0.717) is 12.1 Å². The van der Waals surface area contributed by atoms with E-state index in [4.69, 9.17) is 9.47 Å². The van der Waals surface area contributed by atoms with E-state index in [1.807, 2.05) is 0 Å². The number of fused-ring (bicyclic) bond motifs is 1. The second kappa shape index (κ2) is 6.67. The van der Waals surface area contributed by atoms with Crippen molar-refractivity contribution in [1.29, 1.82) is 0 Å². The van der Waals surface area contributed by atoms with Crippen LogP contribution in [0.15, 0.2) is 22.7 Å². The van der Waals surface area contributed by atoms with Crippen molar-refractivity contribution < 1.29 is 9.47 Å². The van der Waals surface area contributed by atoms with E-state index < -0.39 is 0 Å². The third kappa shape index (κ3) is 3.43. The lowest BCUT2D eigenvalue weighted by molar-refractivity contribution is -0.0300. The van der Waals surface area contributed by atoms with Gasteiger partial charge in [-0.15, -0.1) is 0 Å². The zero-order valence-corrected chi connectivity index (χ0v) is 14.4. The predicted octanol–water partition coefficient (Wildman–Crippen LogP) is 4.21. The van der Waals surface area contributed by atoms with Gasteiger partial charge in [-0.2, -0.15) is 0 Å². The molecule has 3 rings (SSSR count). The highest BCUT2D eigenvalue weighted by molar-refractivity contribution is 9.10. The predicted molar refractivity (Wildman–Crippen MR) is 87.8 cm³/mol. The molecule has 1 aromatic carbocycles. The molecule has 0 bridgehead atoms. The monoisotopic (exact) mass is 353 g/mol. The zero-order valence-electron chi connectivity index (χ0n) is 12.8. The first-order valence-corrected chi connectivity index (χ1v) is 8.81. The number of ether oxygens (including phenoxy) is 2. The molecule has 1 N–H and O–H groups in total. The number of rotatable bonds is 4. The molecule has 0 radical (unpaired) electrons. The van der Waals surface area contributed by atoms with Crippen molar-refractivity contribution in [2.24, 2.45) is 0 Å². The van der Waals surface area contributed by atoms with Crippen LogP contribution < -0.4 is 10.1 Å². The van der Waals surface area contributed by atoms with Gasteiger partial charge in [-0.1, -0.05) is 22.9 Å². The summed E-state index contributed by atoms with van der Waals surface area (Å²) in [7, 11) is 0. The highest BCUT2D eigenvalue weighted by atomic mass is 79.9. The van der Waals surface area contributed by atoms with E-state index in [2.05, 4.69) is 53.3 Å². The summed E-state index contributed by atoms with van der Waals surface area (Å²) in [6.07, 6.45) is 5.15. The Kier molecular flexibility index (Phi) is 4.87. The molecule has 1 saturated heterocycles. The van der Waals surface area contributed by atoms with E-state index in [0.717, 1.165) is 42.5 Å². The Bertz CT molecular complexity index is 494. The molecule has 2 aliphatic rings. The first-order chi connectivity index (χ1) is 10.2. The van der Waals surface area contributed by atoms with Crippen LogP contribution in [-0.4, -0.2) is 24.9 Å². The van der Waals surface area contributed by atoms with E-state index in [-0.39, 0.29) is 12.2 Å². The molecule has 1 aromatic rings. The molecule has 0 saturated carbocycles. The Morgan fingerprint density at radius 2 is 2.14 bits per heavy atom. The minimum absolute atomic E-state index is 0.165. The lowest BCUT2D eigenvalue weighted by Crippen LogP contribution is -2.40. The van der Waals surface area contributed by atoms with Crippen LogP contribution >= 0.6 is 15.9 Å². The molecule has 3 nitrogen and oxygen atoms in total. The summed E-state index contributed by atoms with van der Waals surface area (Å²) in [5.41, 5.74) is 1.26. The van der Waals surface area contributed by atoms with Gasteiger partial charge >= 0.3 is 0 Å². The molecular weight excluding hydrogens is 330 g/mol. The SMILES string of the molecule is CCCNC1CC(C2CCC(C)O2)Oc2ccc(Br)cc21. The highest BCUT2D eigenvalue weighted by Gasteiger charge is 2.37. The fourth-order valence-corrected chi connectivity index (χ4v) is 3.69. The average molecular weight is 354 g/mol. The molecule has 0 aromatic heterocycles. The molecule has 2 aliphatic heterocycles. The van der Waals surface area contributed by atoms with Crippen molar-refractivity contribution in [3.8, 4) is 5.75 Å². The maximum Gasteiger partial charge on any atom is 0.127 e. The van der Waals surface area contributed by atoms with Crippen LogP contribution in [0.25, 0.3) is 0 Å². The number of hydrogen-bond donors (Lipinski definition) is 1. The van der Waals surface area contributed by atoms with Crippen molar-refractivity contribution in [3.63, 3.8) is 0 Å². The summed E-state index contributed by atoms with van der Waals surface area (Å²) in [6, 6.07) is 6.66. The minimum Gasteiger partial charge on any atom is -0.487 e. The van der Waals surface area contributed by atoms with Gasteiger partial charge in [-0.3, -0.25) is 0 Å². The second-order valence-electron chi connectivity index (χ2n) is 6.14. The van der Waals surface area contributed by atoms with Crippen LogP contribution in [0.5, 0.6) is 5.75 Å². The number of nitrogens with one attached hydrogen (secondary N) is 1. The molecule has 2 heterocycles. The van der Waals surface area contributed by atoms with Crippen LogP contribution in [0, 0.1) is 0 Å². The van der Waals surface area contributed by atoms with Crippen molar-refractivity contribution >= 4 is 15.9 Å². The van der Waals surface area contributed by atoms with Gasteiger partial charge in [0.2, 0.25) is 0 Å². The molecular formula is C17H24BrNO2. The second-order valence-corrected chi connectivity index (χ2v) is 7.06. The third-order valence-electron chi connectivity index (χ3n) is 4.41. The quantitative estimate of drug-likeness (QED) is 0.879. The average Bonchev–Trinajstić information content (AvgIpc) is 2.91. The number of hydrogen-bond acceptors (Lipinski definition) is 3. The highest BCUT2D eigenvalue weighted by Crippen LogP contribution is 2.39. The topological polar surface area (TPSA) is 30.5 Å². The Morgan fingerprint density at radius 1 is 1.29 bits per heavy atom. The Balaban J connectivity index is 1.80. The zero-order chi connectivity index (χ0) is 14.8. The Morgan fingerprint density at radius 3 is 2.86 bits per heavy atom. The van der Waals surface area contributed by atoms with Gasteiger partial charge in [0, 0.05) is 22.5 Å². The molecule has 0 amide bonds.